The van der Waals surface area contributed by atoms with E-state index in [1.165, 1.54) is 12.8 Å². The number of nitrogens with one attached hydrogen (secondary N) is 1. The number of hydrogen-bond donors (Lipinski definition) is 1. The topological polar surface area (TPSA) is 63.2 Å². The van der Waals surface area contributed by atoms with Crippen LogP contribution in [0.25, 0.3) is 0 Å². The third kappa shape index (κ3) is 3.95. The van der Waals surface area contributed by atoms with Crippen LogP contribution in [0.4, 0.5) is 11.9 Å². The highest BCUT2D eigenvalue weighted by atomic mass is 16.5. The molecule has 1 aliphatic carbocycles. The number of nitrogens with zero attached hydrogens (tertiary/aromatic N) is 4. The van der Waals surface area contributed by atoms with Gasteiger partial charge in [0.25, 0.3) is 0 Å². The van der Waals surface area contributed by atoms with Gasteiger partial charge in [-0.3, -0.25) is 0 Å². The monoisotopic (exact) mass is 279 g/mol. The molecule has 6 nitrogen and oxygen atoms in total. The zero-order valence-electron chi connectivity index (χ0n) is 12.7. The molecule has 0 radical (unpaired) electrons. The number of rotatable bonds is 9. The number of aromatic nitrogens is 3. The predicted molar refractivity (Wildman–Crippen MR) is 80.4 cm³/mol. The fraction of sp³-hybridized carbons (Fsp3) is 0.786. The molecule has 0 saturated heterocycles. The van der Waals surface area contributed by atoms with Crippen molar-refractivity contribution >= 4 is 11.9 Å². The van der Waals surface area contributed by atoms with Gasteiger partial charge in [0.05, 0.1) is 6.61 Å². The Bertz CT molecular complexity index is 422. The van der Waals surface area contributed by atoms with E-state index < -0.39 is 0 Å². The Morgan fingerprint density at radius 3 is 2.55 bits per heavy atom. The summed E-state index contributed by atoms with van der Waals surface area (Å²) in [5, 5.41) is 3.15. The smallest absolute Gasteiger partial charge is 0.323 e. The highest BCUT2D eigenvalue weighted by Crippen LogP contribution is 2.30. The minimum atomic E-state index is 0.426. The first-order chi connectivity index (χ1) is 9.78. The normalized spacial score (nSPS) is 14.2. The summed E-state index contributed by atoms with van der Waals surface area (Å²) in [7, 11) is 0. The molecular formula is C14H25N5O. The molecule has 0 aromatic carbocycles. The molecule has 1 heterocycles. The van der Waals surface area contributed by atoms with Crippen LogP contribution in [0.15, 0.2) is 0 Å². The quantitative estimate of drug-likeness (QED) is 0.749. The summed E-state index contributed by atoms with van der Waals surface area (Å²) in [5.74, 6) is 1.34. The van der Waals surface area contributed by atoms with Crippen LogP contribution < -0.4 is 15.0 Å². The van der Waals surface area contributed by atoms with E-state index >= 15 is 0 Å². The summed E-state index contributed by atoms with van der Waals surface area (Å²) in [6, 6.07) is 1.01. The van der Waals surface area contributed by atoms with Crippen molar-refractivity contribution in [1.82, 2.24) is 15.0 Å². The van der Waals surface area contributed by atoms with E-state index in [2.05, 4.69) is 39.0 Å². The van der Waals surface area contributed by atoms with E-state index in [1.807, 2.05) is 6.92 Å². The molecule has 0 amide bonds. The second-order valence-corrected chi connectivity index (χ2v) is 5.04. The maximum absolute atomic E-state index is 5.58. The number of hydrogen-bond acceptors (Lipinski definition) is 6. The molecule has 0 aliphatic heterocycles. The summed E-state index contributed by atoms with van der Waals surface area (Å²) in [4.78, 5) is 15.6. The Morgan fingerprint density at radius 1 is 1.15 bits per heavy atom. The van der Waals surface area contributed by atoms with Crippen molar-refractivity contribution in [2.75, 3.05) is 29.9 Å². The third-order valence-corrected chi connectivity index (χ3v) is 3.08. The van der Waals surface area contributed by atoms with Crippen molar-refractivity contribution in [2.24, 2.45) is 0 Å². The maximum atomic E-state index is 5.58. The summed E-state index contributed by atoms with van der Waals surface area (Å²) in [6.45, 7) is 8.67. The Morgan fingerprint density at radius 2 is 1.95 bits per heavy atom. The highest BCUT2D eigenvalue weighted by Gasteiger charge is 2.31. The molecule has 0 spiro atoms. The lowest BCUT2D eigenvalue weighted by atomic mass is 10.4. The molecule has 1 aliphatic rings. The van der Waals surface area contributed by atoms with Crippen LogP contribution in [0.1, 0.15) is 46.5 Å². The minimum absolute atomic E-state index is 0.426. The summed E-state index contributed by atoms with van der Waals surface area (Å²) in [6.07, 6.45) is 4.49. The van der Waals surface area contributed by atoms with Crippen molar-refractivity contribution in [3.63, 3.8) is 0 Å². The average Bonchev–Trinajstić information content (AvgIpc) is 3.27. The zero-order valence-corrected chi connectivity index (χ0v) is 12.7. The average molecular weight is 279 g/mol. The molecule has 112 valence electrons. The molecule has 1 fully saturated rings. The van der Waals surface area contributed by atoms with Crippen LogP contribution in [0.3, 0.4) is 0 Å². The molecule has 1 aromatic heterocycles. The molecule has 0 unspecified atom stereocenters. The SMILES string of the molecule is CCCOc1nc(NCC)nc(N(CCC)C2CC2)n1. The highest BCUT2D eigenvalue weighted by molar-refractivity contribution is 5.40. The van der Waals surface area contributed by atoms with Crippen LogP contribution in [0.2, 0.25) is 0 Å². The van der Waals surface area contributed by atoms with Gasteiger partial charge < -0.3 is 15.0 Å². The van der Waals surface area contributed by atoms with Crippen LogP contribution in [0, 0.1) is 0 Å². The van der Waals surface area contributed by atoms with Gasteiger partial charge in [-0.25, -0.2) is 0 Å². The lowest BCUT2D eigenvalue weighted by Crippen LogP contribution is -2.29. The summed E-state index contributed by atoms with van der Waals surface area (Å²) >= 11 is 0. The Labute approximate surface area is 121 Å². The van der Waals surface area contributed by atoms with Crippen molar-refractivity contribution in [2.45, 2.75) is 52.5 Å². The third-order valence-electron chi connectivity index (χ3n) is 3.08. The van der Waals surface area contributed by atoms with Crippen molar-refractivity contribution in [1.29, 1.82) is 0 Å². The van der Waals surface area contributed by atoms with Gasteiger partial charge in [-0.1, -0.05) is 13.8 Å². The first kappa shape index (κ1) is 14.8. The van der Waals surface area contributed by atoms with Crippen molar-refractivity contribution in [3.8, 4) is 6.01 Å². The van der Waals surface area contributed by atoms with Crippen LogP contribution >= 0.6 is 0 Å². The van der Waals surface area contributed by atoms with Gasteiger partial charge in [-0.15, -0.1) is 0 Å². The van der Waals surface area contributed by atoms with Crippen LogP contribution in [-0.2, 0) is 0 Å². The molecule has 1 aromatic rings. The first-order valence-electron chi connectivity index (χ1n) is 7.67. The van der Waals surface area contributed by atoms with Gasteiger partial charge in [-0.05, 0) is 32.6 Å². The largest absolute Gasteiger partial charge is 0.463 e. The fourth-order valence-electron chi connectivity index (χ4n) is 2.04. The second kappa shape index (κ2) is 7.26. The molecule has 1 N–H and O–H groups in total. The van der Waals surface area contributed by atoms with E-state index in [9.17, 15) is 0 Å². The molecule has 1 saturated carbocycles. The first-order valence-corrected chi connectivity index (χ1v) is 7.67. The summed E-state index contributed by atoms with van der Waals surface area (Å²) < 4.78 is 5.58. The second-order valence-electron chi connectivity index (χ2n) is 5.04. The Balaban J connectivity index is 2.21. The molecule has 0 bridgehead atoms. The molecule has 6 heteroatoms. The minimum Gasteiger partial charge on any atom is -0.463 e. The number of anilines is 2. The zero-order chi connectivity index (χ0) is 14.4. The van der Waals surface area contributed by atoms with E-state index in [1.54, 1.807) is 0 Å². The summed E-state index contributed by atoms with van der Waals surface area (Å²) in [5.41, 5.74) is 0. The molecular weight excluding hydrogens is 254 g/mol. The predicted octanol–water partition coefficient (Wildman–Crippen LogP) is 2.47. The molecule has 2 rings (SSSR count). The van der Waals surface area contributed by atoms with Gasteiger partial charge in [0.1, 0.15) is 0 Å². The van der Waals surface area contributed by atoms with E-state index in [4.69, 9.17) is 4.74 Å². The molecule has 0 atom stereocenters. The lowest BCUT2D eigenvalue weighted by molar-refractivity contribution is 0.291. The van der Waals surface area contributed by atoms with Crippen LogP contribution in [-0.4, -0.2) is 40.7 Å². The van der Waals surface area contributed by atoms with Crippen molar-refractivity contribution < 1.29 is 4.74 Å². The molecule has 20 heavy (non-hydrogen) atoms. The van der Waals surface area contributed by atoms with Crippen molar-refractivity contribution in [3.05, 3.63) is 0 Å². The van der Waals surface area contributed by atoms with E-state index in [0.717, 1.165) is 31.9 Å². The van der Waals surface area contributed by atoms with Gasteiger partial charge in [0, 0.05) is 19.1 Å². The Hall–Kier alpha value is -1.59. The maximum Gasteiger partial charge on any atom is 0.323 e. The lowest BCUT2D eigenvalue weighted by Gasteiger charge is -2.22. The van der Waals surface area contributed by atoms with E-state index in [0.29, 0.717) is 24.6 Å². The van der Waals surface area contributed by atoms with Gasteiger partial charge in [0.2, 0.25) is 11.9 Å². The van der Waals surface area contributed by atoms with Gasteiger partial charge >= 0.3 is 6.01 Å². The van der Waals surface area contributed by atoms with Gasteiger partial charge in [0.15, 0.2) is 0 Å². The van der Waals surface area contributed by atoms with Gasteiger partial charge in [-0.2, -0.15) is 15.0 Å². The number of ether oxygens (including phenoxy) is 1. The van der Waals surface area contributed by atoms with E-state index in [-0.39, 0.29) is 0 Å². The Kier molecular flexibility index (Phi) is 5.38. The van der Waals surface area contributed by atoms with Crippen LogP contribution in [0.5, 0.6) is 6.01 Å². The fourth-order valence-corrected chi connectivity index (χ4v) is 2.04. The standard InChI is InChI=1S/C14H25N5O/c1-4-9-19(11-7-8-11)13-16-12(15-6-3)17-14(18-13)20-10-5-2/h11H,4-10H2,1-3H3,(H,15,16,17,18).